The molecule has 2 aromatic rings. The normalized spacial score (nSPS) is 19.3. The number of hydrogen-bond acceptors (Lipinski definition) is 1. The van der Waals surface area contributed by atoms with Crippen LogP contribution in [0.1, 0.15) is 75.3 Å². The highest BCUT2D eigenvalue weighted by molar-refractivity contribution is 5.30. The summed E-state index contributed by atoms with van der Waals surface area (Å²) in [5, 5.41) is 0. The molecule has 0 spiro atoms. The molecule has 3 rings (SSSR count). The zero-order chi connectivity index (χ0) is 20.8. The molecule has 1 saturated carbocycles. The number of benzene rings is 2. The number of unbranched alkanes of at least 4 members (excludes halogenated alkanes) is 2. The van der Waals surface area contributed by atoms with E-state index in [0.717, 1.165) is 5.92 Å². The van der Waals surface area contributed by atoms with Crippen LogP contribution in [-0.4, -0.2) is 0 Å². The summed E-state index contributed by atoms with van der Waals surface area (Å²) in [5.41, 5.74) is 0.904. The molecule has 0 radical (unpaired) electrons. The Labute approximate surface area is 170 Å². The quantitative estimate of drug-likeness (QED) is 0.188. The van der Waals surface area contributed by atoms with E-state index in [1.807, 2.05) is 12.1 Å². The lowest BCUT2D eigenvalue weighted by molar-refractivity contribution is 0.291. The van der Waals surface area contributed by atoms with Gasteiger partial charge in [-0.1, -0.05) is 44.7 Å². The highest BCUT2D eigenvalue weighted by Gasteiger charge is 2.22. The smallest absolute Gasteiger partial charge is 0.197 e. The largest absolute Gasteiger partial charge is 0.489 e. The lowest BCUT2D eigenvalue weighted by Crippen LogP contribution is -2.13. The number of rotatable bonds is 8. The lowest BCUT2D eigenvalue weighted by atomic mass is 9.77. The van der Waals surface area contributed by atoms with Gasteiger partial charge in [-0.15, -0.1) is 0 Å². The molecule has 0 bridgehead atoms. The highest BCUT2D eigenvalue weighted by atomic mass is 19.2. The second-order valence-corrected chi connectivity index (χ2v) is 8.03. The summed E-state index contributed by atoms with van der Waals surface area (Å²) < 4.78 is 58.8. The van der Waals surface area contributed by atoms with Gasteiger partial charge < -0.3 is 4.74 Å². The maximum Gasteiger partial charge on any atom is 0.197 e. The van der Waals surface area contributed by atoms with Crippen molar-refractivity contribution in [2.45, 2.75) is 70.8 Å². The molecule has 0 N–H and O–H groups in total. The number of halogens is 4. The molecule has 2 aromatic carbocycles. The first kappa shape index (κ1) is 21.7. The van der Waals surface area contributed by atoms with E-state index in [-0.39, 0.29) is 12.2 Å². The van der Waals surface area contributed by atoms with Crippen LogP contribution in [0.5, 0.6) is 5.75 Å². The summed E-state index contributed by atoms with van der Waals surface area (Å²) in [6.45, 7) is 1.86. The fourth-order valence-corrected chi connectivity index (χ4v) is 4.19. The van der Waals surface area contributed by atoms with Gasteiger partial charge in [0.1, 0.15) is 12.4 Å². The molecule has 0 atom stereocenters. The van der Waals surface area contributed by atoms with E-state index < -0.39 is 23.3 Å². The maximum absolute atomic E-state index is 13.7. The van der Waals surface area contributed by atoms with Crippen LogP contribution < -0.4 is 4.74 Å². The second kappa shape index (κ2) is 10.1. The third-order valence-electron chi connectivity index (χ3n) is 5.99. The van der Waals surface area contributed by atoms with Crippen molar-refractivity contribution in [3.63, 3.8) is 0 Å². The fraction of sp³-hybridized carbons (Fsp3) is 0.500. The first-order valence-corrected chi connectivity index (χ1v) is 10.5. The molecule has 0 aliphatic heterocycles. The standard InChI is InChI=1S/C24H28F4O/c1-2-3-4-5-16-6-8-17(9-7-16)18-10-12-20(13-11-18)29-15-19-14-21(25)23(27)24(28)22(19)26/h10-14,16-17H,2-9,15H2,1H3/t16-,17-. The highest BCUT2D eigenvalue weighted by Crippen LogP contribution is 2.38. The minimum absolute atomic E-state index is 0.355. The molecule has 0 amide bonds. The predicted octanol–water partition coefficient (Wildman–Crippen LogP) is 7.68. The first-order valence-electron chi connectivity index (χ1n) is 10.5. The van der Waals surface area contributed by atoms with Crippen molar-refractivity contribution in [2.75, 3.05) is 0 Å². The van der Waals surface area contributed by atoms with Gasteiger partial charge >= 0.3 is 0 Å². The Bertz CT molecular complexity index is 796. The Morgan fingerprint density at radius 1 is 0.862 bits per heavy atom. The second-order valence-electron chi connectivity index (χ2n) is 8.03. The molecule has 0 saturated heterocycles. The summed E-state index contributed by atoms with van der Waals surface area (Å²) >= 11 is 0. The van der Waals surface area contributed by atoms with Crippen molar-refractivity contribution < 1.29 is 22.3 Å². The molecule has 0 unspecified atom stereocenters. The molecule has 1 aliphatic carbocycles. The molecule has 1 nitrogen and oxygen atoms in total. The summed E-state index contributed by atoms with van der Waals surface area (Å²) in [6.07, 6.45) is 10.2. The number of ether oxygens (including phenoxy) is 1. The molecule has 158 valence electrons. The Balaban J connectivity index is 1.52. The van der Waals surface area contributed by atoms with E-state index in [0.29, 0.717) is 17.7 Å². The van der Waals surface area contributed by atoms with E-state index in [2.05, 4.69) is 6.92 Å². The lowest BCUT2D eigenvalue weighted by Gasteiger charge is -2.29. The van der Waals surface area contributed by atoms with Crippen molar-refractivity contribution in [2.24, 2.45) is 5.92 Å². The third kappa shape index (κ3) is 5.52. The van der Waals surface area contributed by atoms with Crippen LogP contribution >= 0.6 is 0 Å². The van der Waals surface area contributed by atoms with E-state index in [4.69, 9.17) is 4.74 Å². The van der Waals surface area contributed by atoms with Crippen molar-refractivity contribution >= 4 is 0 Å². The van der Waals surface area contributed by atoms with E-state index in [1.54, 1.807) is 12.1 Å². The van der Waals surface area contributed by atoms with Crippen LogP contribution in [0.3, 0.4) is 0 Å². The third-order valence-corrected chi connectivity index (χ3v) is 5.99. The van der Waals surface area contributed by atoms with Crippen molar-refractivity contribution in [1.29, 1.82) is 0 Å². The summed E-state index contributed by atoms with van der Waals surface area (Å²) in [7, 11) is 0. The van der Waals surface area contributed by atoms with E-state index in [1.165, 1.54) is 56.9 Å². The molecular formula is C24H28F4O. The monoisotopic (exact) mass is 408 g/mol. The van der Waals surface area contributed by atoms with Crippen molar-refractivity contribution in [3.05, 3.63) is 64.7 Å². The predicted molar refractivity (Wildman–Crippen MR) is 106 cm³/mol. The first-order chi connectivity index (χ1) is 14.0. The van der Waals surface area contributed by atoms with Gasteiger partial charge in [0.25, 0.3) is 0 Å². The molecule has 1 aliphatic rings. The average Bonchev–Trinajstić information content (AvgIpc) is 2.75. The Morgan fingerprint density at radius 3 is 2.21 bits per heavy atom. The van der Waals surface area contributed by atoms with Gasteiger partial charge in [-0.3, -0.25) is 0 Å². The average molecular weight is 408 g/mol. The number of hydrogen-bond donors (Lipinski definition) is 0. The fourth-order valence-electron chi connectivity index (χ4n) is 4.19. The van der Waals surface area contributed by atoms with Crippen LogP contribution in [0.4, 0.5) is 17.6 Å². The van der Waals surface area contributed by atoms with Crippen LogP contribution in [0.15, 0.2) is 30.3 Å². The Hall–Kier alpha value is -2.04. The minimum Gasteiger partial charge on any atom is -0.489 e. The summed E-state index contributed by atoms with van der Waals surface area (Å²) in [6, 6.07) is 8.20. The summed E-state index contributed by atoms with van der Waals surface area (Å²) in [4.78, 5) is 0. The Morgan fingerprint density at radius 2 is 1.55 bits per heavy atom. The van der Waals surface area contributed by atoms with Crippen LogP contribution in [0.2, 0.25) is 0 Å². The van der Waals surface area contributed by atoms with Gasteiger partial charge in [0, 0.05) is 5.56 Å². The minimum atomic E-state index is -1.82. The van der Waals surface area contributed by atoms with Gasteiger partial charge in [0.15, 0.2) is 23.3 Å². The van der Waals surface area contributed by atoms with Crippen LogP contribution in [0.25, 0.3) is 0 Å². The van der Waals surface area contributed by atoms with Crippen molar-refractivity contribution in [1.82, 2.24) is 0 Å². The van der Waals surface area contributed by atoms with Gasteiger partial charge in [0.05, 0.1) is 0 Å². The molecule has 0 aromatic heterocycles. The SMILES string of the molecule is CCCCC[C@H]1CC[C@H](c2ccc(OCc3cc(F)c(F)c(F)c3F)cc2)CC1. The van der Waals surface area contributed by atoms with Gasteiger partial charge in [-0.25, -0.2) is 17.6 Å². The van der Waals surface area contributed by atoms with Crippen LogP contribution in [0, 0.1) is 29.2 Å². The van der Waals surface area contributed by atoms with E-state index >= 15 is 0 Å². The molecule has 0 heterocycles. The van der Waals surface area contributed by atoms with Gasteiger partial charge in [0.2, 0.25) is 0 Å². The van der Waals surface area contributed by atoms with Crippen molar-refractivity contribution in [3.8, 4) is 5.75 Å². The zero-order valence-electron chi connectivity index (χ0n) is 16.8. The van der Waals surface area contributed by atoms with Gasteiger partial charge in [-0.2, -0.15) is 0 Å². The van der Waals surface area contributed by atoms with Crippen LogP contribution in [-0.2, 0) is 6.61 Å². The molecular weight excluding hydrogens is 380 g/mol. The Kier molecular flexibility index (Phi) is 7.57. The maximum atomic E-state index is 13.7. The molecule has 5 heteroatoms. The van der Waals surface area contributed by atoms with Gasteiger partial charge in [-0.05, 0) is 61.3 Å². The molecule has 29 heavy (non-hydrogen) atoms. The van der Waals surface area contributed by atoms with E-state index in [9.17, 15) is 17.6 Å². The topological polar surface area (TPSA) is 9.23 Å². The zero-order valence-corrected chi connectivity index (χ0v) is 16.8. The molecule has 1 fully saturated rings. The summed E-state index contributed by atoms with van der Waals surface area (Å²) in [5.74, 6) is -4.60.